The molecule has 4 rings (SSSR count). The summed E-state index contributed by atoms with van der Waals surface area (Å²) in [4.78, 5) is 19.5. The number of carbonyl (C=O) groups excluding carboxylic acids is 1. The summed E-state index contributed by atoms with van der Waals surface area (Å²) in [5.74, 6) is -0.0393. The molecular formula is C18H18N4O2S. The highest BCUT2D eigenvalue weighted by Crippen LogP contribution is 2.30. The van der Waals surface area contributed by atoms with Gasteiger partial charge in [0.25, 0.3) is 5.91 Å². The highest BCUT2D eigenvalue weighted by Gasteiger charge is 2.32. The first-order chi connectivity index (χ1) is 12.2. The zero-order valence-corrected chi connectivity index (χ0v) is 14.6. The first-order valence-electron chi connectivity index (χ1n) is 8.11. The second kappa shape index (κ2) is 6.78. The summed E-state index contributed by atoms with van der Waals surface area (Å²) in [6.07, 6.45) is 1.64. The Morgan fingerprint density at radius 2 is 2.12 bits per heavy atom. The summed E-state index contributed by atoms with van der Waals surface area (Å²) < 4.78 is 7.23. The van der Waals surface area contributed by atoms with Crippen molar-refractivity contribution in [3.8, 4) is 10.6 Å². The van der Waals surface area contributed by atoms with E-state index in [1.165, 1.54) is 0 Å². The average Bonchev–Trinajstić information content (AvgIpc) is 3.31. The van der Waals surface area contributed by atoms with Crippen LogP contribution in [0.3, 0.4) is 0 Å². The number of thiazole rings is 1. The van der Waals surface area contributed by atoms with Gasteiger partial charge in [0.1, 0.15) is 10.7 Å². The molecule has 6 nitrogen and oxygen atoms in total. The minimum Gasteiger partial charge on any atom is -0.377 e. The van der Waals surface area contributed by atoms with Gasteiger partial charge in [-0.3, -0.25) is 9.48 Å². The van der Waals surface area contributed by atoms with Crippen LogP contribution in [0.15, 0.2) is 48.0 Å². The summed E-state index contributed by atoms with van der Waals surface area (Å²) in [6.45, 7) is 1.55. The lowest BCUT2D eigenvalue weighted by Crippen LogP contribution is -2.44. The molecule has 0 aliphatic carbocycles. The van der Waals surface area contributed by atoms with E-state index in [1.54, 1.807) is 35.3 Å². The minimum atomic E-state index is -0.176. The van der Waals surface area contributed by atoms with Crippen molar-refractivity contribution in [2.24, 2.45) is 7.05 Å². The van der Waals surface area contributed by atoms with Gasteiger partial charge in [-0.05, 0) is 6.07 Å². The number of benzene rings is 1. The molecule has 1 saturated heterocycles. The van der Waals surface area contributed by atoms with E-state index in [0.29, 0.717) is 25.5 Å². The van der Waals surface area contributed by atoms with Crippen LogP contribution in [0, 0.1) is 0 Å². The van der Waals surface area contributed by atoms with Crippen molar-refractivity contribution in [2.75, 3.05) is 19.8 Å². The fraction of sp³-hybridized carbons (Fsp3) is 0.278. The van der Waals surface area contributed by atoms with Crippen molar-refractivity contribution in [3.05, 3.63) is 59.4 Å². The molecule has 0 radical (unpaired) electrons. The van der Waals surface area contributed by atoms with Gasteiger partial charge in [0.2, 0.25) is 0 Å². The maximum atomic E-state index is 12.9. The lowest BCUT2D eigenvalue weighted by Gasteiger charge is -2.34. The molecule has 1 atom stereocenters. The van der Waals surface area contributed by atoms with Crippen molar-refractivity contribution >= 4 is 17.2 Å². The lowest BCUT2D eigenvalue weighted by molar-refractivity contribution is -0.00427. The van der Waals surface area contributed by atoms with Crippen molar-refractivity contribution in [2.45, 2.75) is 6.04 Å². The Morgan fingerprint density at radius 1 is 1.28 bits per heavy atom. The molecule has 128 valence electrons. The van der Waals surface area contributed by atoms with E-state index in [2.05, 4.69) is 5.10 Å². The Balaban J connectivity index is 1.63. The van der Waals surface area contributed by atoms with Gasteiger partial charge in [0.05, 0.1) is 24.9 Å². The number of hydrogen-bond acceptors (Lipinski definition) is 5. The minimum absolute atomic E-state index is 0.0393. The van der Waals surface area contributed by atoms with E-state index in [9.17, 15) is 4.79 Å². The van der Waals surface area contributed by atoms with Gasteiger partial charge >= 0.3 is 0 Å². The van der Waals surface area contributed by atoms with Crippen LogP contribution >= 0.6 is 11.3 Å². The maximum Gasteiger partial charge on any atom is 0.272 e. The zero-order valence-electron chi connectivity index (χ0n) is 13.8. The van der Waals surface area contributed by atoms with Gasteiger partial charge in [-0.25, -0.2) is 4.98 Å². The number of carbonyl (C=O) groups is 1. The molecule has 0 spiro atoms. The number of hydrogen-bond donors (Lipinski definition) is 0. The topological polar surface area (TPSA) is 60.2 Å². The van der Waals surface area contributed by atoms with Crippen LogP contribution in [0.25, 0.3) is 10.6 Å². The van der Waals surface area contributed by atoms with Crippen LogP contribution < -0.4 is 0 Å². The Labute approximate surface area is 149 Å². The normalized spacial score (nSPS) is 17.6. The number of aryl methyl sites for hydroxylation is 1. The van der Waals surface area contributed by atoms with E-state index in [-0.39, 0.29) is 11.9 Å². The molecule has 25 heavy (non-hydrogen) atoms. The van der Waals surface area contributed by atoms with Gasteiger partial charge in [-0.1, -0.05) is 30.3 Å². The third kappa shape index (κ3) is 3.08. The summed E-state index contributed by atoms with van der Waals surface area (Å²) in [5, 5.41) is 7.07. The third-order valence-corrected chi connectivity index (χ3v) is 5.22. The average molecular weight is 354 g/mol. The summed E-state index contributed by atoms with van der Waals surface area (Å²) in [5.41, 5.74) is 2.53. The number of ether oxygens (including phenoxy) is 1. The first kappa shape index (κ1) is 16.0. The van der Waals surface area contributed by atoms with Gasteiger partial charge in [-0.2, -0.15) is 5.10 Å². The van der Waals surface area contributed by atoms with E-state index in [4.69, 9.17) is 9.72 Å². The summed E-state index contributed by atoms with van der Waals surface area (Å²) in [7, 11) is 1.78. The predicted octanol–water partition coefficient (Wildman–Crippen LogP) is 2.76. The van der Waals surface area contributed by atoms with Gasteiger partial charge in [0.15, 0.2) is 0 Å². The maximum absolute atomic E-state index is 12.9. The second-order valence-electron chi connectivity index (χ2n) is 5.87. The number of nitrogens with zero attached hydrogens (tertiary/aromatic N) is 4. The number of amides is 1. The largest absolute Gasteiger partial charge is 0.377 e. The van der Waals surface area contributed by atoms with Gasteiger partial charge in [-0.15, -0.1) is 11.3 Å². The van der Waals surface area contributed by atoms with E-state index < -0.39 is 0 Å². The number of aromatic nitrogens is 3. The molecule has 7 heteroatoms. The first-order valence-corrected chi connectivity index (χ1v) is 8.99. The quantitative estimate of drug-likeness (QED) is 0.726. The Morgan fingerprint density at radius 3 is 2.88 bits per heavy atom. The Hall–Kier alpha value is -2.51. The van der Waals surface area contributed by atoms with Crippen LogP contribution in [0.4, 0.5) is 0 Å². The molecule has 1 aliphatic heterocycles. The van der Waals surface area contributed by atoms with Crippen LogP contribution in [-0.4, -0.2) is 45.3 Å². The predicted molar refractivity (Wildman–Crippen MR) is 95.4 cm³/mol. The van der Waals surface area contributed by atoms with Crippen LogP contribution in [0.5, 0.6) is 0 Å². The van der Waals surface area contributed by atoms with Crippen LogP contribution in [0.1, 0.15) is 22.2 Å². The molecule has 1 aromatic carbocycles. The molecule has 2 aromatic heterocycles. The van der Waals surface area contributed by atoms with Crippen LogP contribution in [-0.2, 0) is 11.8 Å². The molecule has 3 aromatic rings. The smallest absolute Gasteiger partial charge is 0.272 e. The van der Waals surface area contributed by atoms with E-state index >= 15 is 0 Å². The molecule has 1 amide bonds. The van der Waals surface area contributed by atoms with Crippen molar-refractivity contribution in [3.63, 3.8) is 0 Å². The third-order valence-electron chi connectivity index (χ3n) is 4.31. The van der Waals surface area contributed by atoms with Crippen molar-refractivity contribution < 1.29 is 9.53 Å². The molecule has 0 saturated carbocycles. The summed E-state index contributed by atoms with van der Waals surface area (Å²) >= 11 is 1.59. The molecular weight excluding hydrogens is 336 g/mol. The van der Waals surface area contributed by atoms with Crippen LogP contribution in [0.2, 0.25) is 0 Å². The zero-order chi connectivity index (χ0) is 17.2. The Bertz CT molecular complexity index is 874. The second-order valence-corrected chi connectivity index (χ2v) is 6.73. The molecule has 3 heterocycles. The van der Waals surface area contributed by atoms with E-state index in [0.717, 1.165) is 16.3 Å². The molecule has 1 aliphatic rings. The highest BCUT2D eigenvalue weighted by molar-refractivity contribution is 7.13. The number of rotatable bonds is 3. The number of morpholine rings is 1. The summed E-state index contributed by atoms with van der Waals surface area (Å²) in [6, 6.07) is 11.6. The fourth-order valence-corrected chi connectivity index (χ4v) is 3.85. The lowest BCUT2D eigenvalue weighted by atomic mass is 10.1. The standard InChI is InChI=1S/C18H18N4O2S/c1-21-15(7-8-19-21)18(23)22-9-10-24-11-16(22)14-12-25-17(20-14)13-5-3-2-4-6-13/h2-8,12,16H,9-11H2,1H3. The fourth-order valence-electron chi connectivity index (χ4n) is 2.98. The van der Waals surface area contributed by atoms with E-state index in [1.807, 2.05) is 40.6 Å². The monoisotopic (exact) mass is 354 g/mol. The molecule has 1 fully saturated rings. The molecule has 1 unspecified atom stereocenters. The van der Waals surface area contributed by atoms with Gasteiger partial charge in [0, 0.05) is 30.7 Å². The molecule has 0 bridgehead atoms. The Kier molecular flexibility index (Phi) is 4.33. The highest BCUT2D eigenvalue weighted by atomic mass is 32.1. The van der Waals surface area contributed by atoms with Gasteiger partial charge < -0.3 is 9.64 Å². The molecule has 0 N–H and O–H groups in total. The van der Waals surface area contributed by atoms with Crippen molar-refractivity contribution in [1.29, 1.82) is 0 Å². The SMILES string of the molecule is Cn1nccc1C(=O)N1CCOCC1c1csc(-c2ccccc2)n1. The van der Waals surface area contributed by atoms with Crippen molar-refractivity contribution in [1.82, 2.24) is 19.7 Å².